The molecule has 2 amide bonds. The van der Waals surface area contributed by atoms with Gasteiger partial charge in [-0.3, -0.25) is 9.59 Å². The average molecular weight is 547 g/mol. The van der Waals surface area contributed by atoms with Gasteiger partial charge < -0.3 is 24.5 Å². The van der Waals surface area contributed by atoms with Crippen molar-refractivity contribution in [1.82, 2.24) is 9.88 Å². The number of benzene rings is 3. The Kier molecular flexibility index (Phi) is 6.26. The van der Waals surface area contributed by atoms with Crippen molar-refractivity contribution in [1.29, 1.82) is 0 Å². The molecule has 0 atom stereocenters. The predicted molar refractivity (Wildman–Crippen MR) is 136 cm³/mol. The highest BCUT2D eigenvalue weighted by molar-refractivity contribution is 9.10. The lowest BCUT2D eigenvalue weighted by molar-refractivity contribution is -0.115. The van der Waals surface area contributed by atoms with E-state index in [1.54, 1.807) is 66.2 Å². The molecule has 10 heteroatoms. The van der Waals surface area contributed by atoms with Gasteiger partial charge in [-0.05, 0) is 54.1 Å². The van der Waals surface area contributed by atoms with Crippen molar-refractivity contribution >= 4 is 50.4 Å². The van der Waals surface area contributed by atoms with Gasteiger partial charge in [0.1, 0.15) is 5.70 Å². The van der Waals surface area contributed by atoms with E-state index in [9.17, 15) is 14.7 Å². The summed E-state index contributed by atoms with van der Waals surface area (Å²) in [6, 6.07) is 19.0. The van der Waals surface area contributed by atoms with E-state index in [1.807, 2.05) is 12.1 Å². The van der Waals surface area contributed by atoms with Crippen molar-refractivity contribution in [3.63, 3.8) is 0 Å². The van der Waals surface area contributed by atoms with Gasteiger partial charge in [0.2, 0.25) is 12.7 Å². The summed E-state index contributed by atoms with van der Waals surface area (Å²) in [5.74, 6) is -0.316. The molecule has 36 heavy (non-hydrogen) atoms. The van der Waals surface area contributed by atoms with Gasteiger partial charge in [0.25, 0.3) is 5.91 Å². The zero-order valence-electron chi connectivity index (χ0n) is 18.9. The summed E-state index contributed by atoms with van der Waals surface area (Å²) in [5, 5.41) is 21.7. The summed E-state index contributed by atoms with van der Waals surface area (Å²) in [7, 11) is 1.68. The molecule has 5 rings (SSSR count). The van der Waals surface area contributed by atoms with E-state index >= 15 is 0 Å². The fourth-order valence-electron chi connectivity index (χ4n) is 3.74. The van der Waals surface area contributed by atoms with Gasteiger partial charge in [-0.25, -0.2) is 0 Å². The zero-order valence-corrected chi connectivity index (χ0v) is 20.5. The van der Waals surface area contributed by atoms with Crippen LogP contribution in [0.15, 0.2) is 87.1 Å². The van der Waals surface area contributed by atoms with Crippen LogP contribution in [-0.4, -0.2) is 28.3 Å². The minimum atomic E-state index is -0.802. The monoisotopic (exact) mass is 546 g/mol. The van der Waals surface area contributed by atoms with Gasteiger partial charge in [-0.15, -0.1) is 10.2 Å². The molecule has 0 aliphatic carbocycles. The number of nitrogens with one attached hydrogen (secondary N) is 1. The number of aromatic hydroxyl groups is 1. The third-order valence-corrected chi connectivity index (χ3v) is 6.06. The SMILES string of the molecule is Cn1c(O)c(N=NC(=O)C(=Cc2ccc3c(c2)OCO3)NC(=O)c2ccccc2)c2cc(Br)ccc21. The molecule has 1 aliphatic rings. The summed E-state index contributed by atoms with van der Waals surface area (Å²) in [6.45, 7) is 0.109. The van der Waals surface area contributed by atoms with E-state index in [-0.39, 0.29) is 24.1 Å². The van der Waals surface area contributed by atoms with Crippen molar-refractivity contribution in [2.75, 3.05) is 6.79 Å². The Morgan fingerprint density at radius 2 is 1.83 bits per heavy atom. The minimum absolute atomic E-state index is 0.104. The maximum Gasteiger partial charge on any atom is 0.311 e. The number of halogens is 1. The summed E-state index contributed by atoms with van der Waals surface area (Å²) < 4.78 is 13.1. The first kappa shape index (κ1) is 23.3. The van der Waals surface area contributed by atoms with Crippen molar-refractivity contribution in [2.45, 2.75) is 0 Å². The first-order chi connectivity index (χ1) is 17.4. The summed E-state index contributed by atoms with van der Waals surface area (Å²) in [5.41, 5.74) is 1.70. The van der Waals surface area contributed by atoms with Crippen molar-refractivity contribution < 1.29 is 24.2 Å². The van der Waals surface area contributed by atoms with Crippen molar-refractivity contribution in [3.05, 3.63) is 88.0 Å². The minimum Gasteiger partial charge on any atom is -0.493 e. The quantitative estimate of drug-likeness (QED) is 0.255. The van der Waals surface area contributed by atoms with Crippen molar-refractivity contribution in [3.8, 4) is 17.4 Å². The van der Waals surface area contributed by atoms with E-state index in [0.29, 0.717) is 33.5 Å². The Bertz CT molecular complexity index is 1560. The number of hydrogen-bond donors (Lipinski definition) is 2. The normalized spacial score (nSPS) is 12.9. The van der Waals surface area contributed by atoms with E-state index in [1.165, 1.54) is 6.08 Å². The van der Waals surface area contributed by atoms with Gasteiger partial charge in [0.05, 0.1) is 5.52 Å². The number of rotatable bonds is 5. The zero-order chi connectivity index (χ0) is 25.2. The highest BCUT2D eigenvalue weighted by atomic mass is 79.9. The number of azo groups is 1. The second kappa shape index (κ2) is 9.67. The lowest BCUT2D eigenvalue weighted by Gasteiger charge is -2.07. The predicted octanol–water partition coefficient (Wildman–Crippen LogP) is 5.46. The Morgan fingerprint density at radius 1 is 1.06 bits per heavy atom. The van der Waals surface area contributed by atoms with Crippen LogP contribution in [0, 0.1) is 0 Å². The van der Waals surface area contributed by atoms with E-state index in [2.05, 4.69) is 31.5 Å². The third-order valence-electron chi connectivity index (χ3n) is 5.57. The van der Waals surface area contributed by atoms with Gasteiger partial charge in [0.15, 0.2) is 17.2 Å². The van der Waals surface area contributed by atoms with E-state index in [0.717, 1.165) is 4.47 Å². The van der Waals surface area contributed by atoms with Crippen LogP contribution in [0.2, 0.25) is 0 Å². The van der Waals surface area contributed by atoms with Gasteiger partial charge in [-0.1, -0.05) is 40.2 Å². The first-order valence-electron chi connectivity index (χ1n) is 10.8. The molecule has 0 spiro atoms. The molecule has 0 bridgehead atoms. The van der Waals surface area contributed by atoms with Gasteiger partial charge in [0, 0.05) is 22.5 Å². The summed E-state index contributed by atoms with van der Waals surface area (Å²) in [4.78, 5) is 26.0. The number of carbonyl (C=O) groups excluding carboxylic acids is 2. The Labute approximate surface area is 213 Å². The molecule has 0 unspecified atom stereocenters. The average Bonchev–Trinajstić information content (AvgIpc) is 3.44. The van der Waals surface area contributed by atoms with Gasteiger partial charge in [-0.2, -0.15) is 0 Å². The van der Waals surface area contributed by atoms with Crippen LogP contribution in [0.3, 0.4) is 0 Å². The maximum atomic E-state index is 13.1. The smallest absolute Gasteiger partial charge is 0.311 e. The highest BCUT2D eigenvalue weighted by Crippen LogP contribution is 2.39. The summed E-state index contributed by atoms with van der Waals surface area (Å²) in [6.07, 6.45) is 1.48. The molecule has 0 fully saturated rings. The number of amides is 2. The molecule has 3 aromatic carbocycles. The Hall–Kier alpha value is -4.44. The third kappa shape index (κ3) is 4.58. The highest BCUT2D eigenvalue weighted by Gasteiger charge is 2.19. The lowest BCUT2D eigenvalue weighted by atomic mass is 10.1. The van der Waals surface area contributed by atoms with Crippen LogP contribution < -0.4 is 14.8 Å². The van der Waals surface area contributed by atoms with Crippen LogP contribution in [0.5, 0.6) is 17.4 Å². The molecular weight excluding hydrogens is 528 g/mol. The van der Waals surface area contributed by atoms with Crippen LogP contribution in [0.25, 0.3) is 17.0 Å². The second-order valence-electron chi connectivity index (χ2n) is 7.89. The molecule has 9 nitrogen and oxygen atoms in total. The Morgan fingerprint density at radius 3 is 2.64 bits per heavy atom. The van der Waals surface area contributed by atoms with E-state index < -0.39 is 11.8 Å². The van der Waals surface area contributed by atoms with Gasteiger partial charge >= 0.3 is 5.91 Å². The number of hydrogen-bond acceptors (Lipinski definition) is 6. The fraction of sp³-hybridized carbons (Fsp3) is 0.0769. The fourth-order valence-corrected chi connectivity index (χ4v) is 4.10. The largest absolute Gasteiger partial charge is 0.493 e. The maximum absolute atomic E-state index is 13.1. The van der Waals surface area contributed by atoms with E-state index in [4.69, 9.17) is 9.47 Å². The summed E-state index contributed by atoms with van der Waals surface area (Å²) >= 11 is 3.41. The number of aryl methyl sites for hydroxylation is 1. The lowest BCUT2D eigenvalue weighted by Crippen LogP contribution is -2.26. The second-order valence-corrected chi connectivity index (χ2v) is 8.80. The standard InChI is InChI=1S/C26H19BrN4O5/c1-31-20-9-8-17(27)13-18(20)23(26(31)34)29-30-25(33)19(28-24(32)16-5-3-2-4-6-16)11-15-7-10-21-22(12-15)36-14-35-21/h2-13,34H,14H2,1H3,(H,28,32). The molecule has 2 N–H and O–H groups in total. The number of fused-ring (bicyclic) bond motifs is 2. The van der Waals surface area contributed by atoms with Crippen LogP contribution in [0.1, 0.15) is 15.9 Å². The topological polar surface area (TPSA) is 115 Å². The van der Waals surface area contributed by atoms with Crippen LogP contribution in [-0.2, 0) is 11.8 Å². The first-order valence-corrected chi connectivity index (χ1v) is 11.6. The molecule has 4 aromatic rings. The van der Waals surface area contributed by atoms with Crippen LogP contribution >= 0.6 is 15.9 Å². The molecule has 2 heterocycles. The number of carbonyl (C=O) groups is 2. The molecule has 1 aromatic heterocycles. The molecular formula is C26H19BrN4O5. The molecule has 0 saturated carbocycles. The molecule has 0 radical (unpaired) electrons. The van der Waals surface area contributed by atoms with Crippen LogP contribution in [0.4, 0.5) is 5.69 Å². The number of ether oxygens (including phenoxy) is 2. The number of nitrogens with zero attached hydrogens (tertiary/aromatic N) is 3. The van der Waals surface area contributed by atoms with Crippen molar-refractivity contribution in [2.24, 2.45) is 17.3 Å². The molecule has 1 aliphatic heterocycles. The molecule has 0 saturated heterocycles. The Balaban J connectivity index is 1.50. The number of aromatic nitrogens is 1. The molecule has 180 valence electrons.